The molecule has 3 N–H and O–H groups in total. The summed E-state index contributed by atoms with van der Waals surface area (Å²) >= 11 is 0. The molecule has 14 heavy (non-hydrogen) atoms. The molecular weight excluding hydrogens is 176 g/mol. The normalized spacial score (nSPS) is 21.9. The monoisotopic (exact) mass is 192 g/mol. The highest BCUT2D eigenvalue weighted by atomic mass is 16.5. The van der Waals surface area contributed by atoms with E-state index < -0.39 is 0 Å². The van der Waals surface area contributed by atoms with E-state index >= 15 is 0 Å². The summed E-state index contributed by atoms with van der Waals surface area (Å²) in [6, 6.07) is 8.28. The van der Waals surface area contributed by atoms with E-state index in [0.29, 0.717) is 6.04 Å². The van der Waals surface area contributed by atoms with E-state index in [0.717, 1.165) is 31.0 Å². The molecule has 76 valence electrons. The van der Waals surface area contributed by atoms with Gasteiger partial charge in [-0.1, -0.05) is 0 Å². The van der Waals surface area contributed by atoms with Crippen molar-refractivity contribution in [1.29, 1.82) is 0 Å². The van der Waals surface area contributed by atoms with E-state index in [-0.39, 0.29) is 0 Å². The van der Waals surface area contributed by atoms with E-state index in [1.165, 1.54) is 6.42 Å². The fraction of sp³-hybridized carbons (Fsp3) is 0.455. The van der Waals surface area contributed by atoms with E-state index in [4.69, 9.17) is 10.5 Å². The molecule has 1 atom stereocenters. The Morgan fingerprint density at radius 3 is 2.71 bits per heavy atom. The predicted molar refractivity (Wildman–Crippen MR) is 58.3 cm³/mol. The summed E-state index contributed by atoms with van der Waals surface area (Å²) in [4.78, 5) is 0. The van der Waals surface area contributed by atoms with Crippen molar-refractivity contribution in [2.75, 3.05) is 24.3 Å². The van der Waals surface area contributed by atoms with Crippen LogP contribution in [0.5, 0.6) is 0 Å². The number of hydrogen-bond acceptors (Lipinski definition) is 3. The van der Waals surface area contributed by atoms with Crippen LogP contribution in [0.2, 0.25) is 0 Å². The molecule has 1 aromatic rings. The largest absolute Gasteiger partial charge is 0.399 e. The lowest BCUT2D eigenvalue weighted by molar-refractivity contribution is 0.0876. The van der Waals surface area contributed by atoms with Gasteiger partial charge in [0.2, 0.25) is 0 Å². The summed E-state index contributed by atoms with van der Waals surface area (Å²) in [6.45, 7) is 1.71. The van der Waals surface area contributed by atoms with Crippen LogP contribution in [-0.2, 0) is 4.74 Å². The standard InChI is InChI=1S/C11H16N2O/c12-9-3-5-10(6-4-9)13-11-2-1-7-14-8-11/h3-6,11,13H,1-2,7-8,12H2. The quantitative estimate of drug-likeness (QED) is 0.703. The molecule has 1 heterocycles. The number of hydrogen-bond donors (Lipinski definition) is 2. The topological polar surface area (TPSA) is 47.3 Å². The minimum atomic E-state index is 0.451. The maximum absolute atomic E-state index is 5.61. The van der Waals surface area contributed by atoms with Crippen LogP contribution in [0, 0.1) is 0 Å². The number of nitrogens with two attached hydrogens (primary N) is 1. The van der Waals surface area contributed by atoms with Crippen molar-refractivity contribution >= 4 is 11.4 Å². The molecule has 1 fully saturated rings. The van der Waals surface area contributed by atoms with Crippen molar-refractivity contribution in [3.05, 3.63) is 24.3 Å². The van der Waals surface area contributed by atoms with Gasteiger partial charge in [0.25, 0.3) is 0 Å². The van der Waals surface area contributed by atoms with Crippen LogP contribution < -0.4 is 11.1 Å². The molecule has 2 rings (SSSR count). The lowest BCUT2D eigenvalue weighted by Crippen LogP contribution is -2.29. The molecule has 3 nitrogen and oxygen atoms in total. The Hall–Kier alpha value is -1.22. The van der Waals surface area contributed by atoms with Gasteiger partial charge in [0.15, 0.2) is 0 Å². The molecule has 0 spiro atoms. The van der Waals surface area contributed by atoms with Crippen molar-refractivity contribution in [3.8, 4) is 0 Å². The Morgan fingerprint density at radius 1 is 1.29 bits per heavy atom. The molecule has 0 bridgehead atoms. The first-order chi connectivity index (χ1) is 6.84. The first-order valence-corrected chi connectivity index (χ1v) is 5.04. The first-order valence-electron chi connectivity index (χ1n) is 5.04. The van der Waals surface area contributed by atoms with E-state index in [1.807, 2.05) is 24.3 Å². The second kappa shape index (κ2) is 4.33. The zero-order valence-corrected chi connectivity index (χ0v) is 8.20. The van der Waals surface area contributed by atoms with Crippen LogP contribution in [0.1, 0.15) is 12.8 Å². The van der Waals surface area contributed by atoms with Crippen molar-refractivity contribution in [2.45, 2.75) is 18.9 Å². The maximum atomic E-state index is 5.61. The third-order valence-corrected chi connectivity index (χ3v) is 2.44. The zero-order chi connectivity index (χ0) is 9.80. The van der Waals surface area contributed by atoms with Crippen molar-refractivity contribution in [1.82, 2.24) is 0 Å². The van der Waals surface area contributed by atoms with Crippen molar-refractivity contribution < 1.29 is 4.74 Å². The number of benzene rings is 1. The van der Waals surface area contributed by atoms with Crippen LogP contribution >= 0.6 is 0 Å². The van der Waals surface area contributed by atoms with Crippen molar-refractivity contribution in [3.63, 3.8) is 0 Å². The average Bonchev–Trinajstić information content (AvgIpc) is 2.23. The predicted octanol–water partition coefficient (Wildman–Crippen LogP) is 1.86. The molecule has 1 unspecified atom stereocenters. The molecule has 0 saturated carbocycles. The summed E-state index contributed by atoms with van der Waals surface area (Å²) in [6.07, 6.45) is 2.33. The van der Waals surface area contributed by atoms with Crippen LogP contribution in [0.25, 0.3) is 0 Å². The van der Waals surface area contributed by atoms with Crippen LogP contribution in [0.3, 0.4) is 0 Å². The Balaban J connectivity index is 1.92. The highest BCUT2D eigenvalue weighted by molar-refractivity contribution is 5.51. The number of ether oxygens (including phenoxy) is 1. The van der Waals surface area contributed by atoms with Gasteiger partial charge in [0.1, 0.15) is 0 Å². The summed E-state index contributed by atoms with van der Waals surface area (Å²) in [5.74, 6) is 0. The fourth-order valence-corrected chi connectivity index (χ4v) is 1.67. The Labute approximate surface area is 84.3 Å². The van der Waals surface area contributed by atoms with Crippen LogP contribution in [0.4, 0.5) is 11.4 Å². The third-order valence-electron chi connectivity index (χ3n) is 2.44. The third kappa shape index (κ3) is 2.39. The molecule has 3 heteroatoms. The Morgan fingerprint density at radius 2 is 2.07 bits per heavy atom. The SMILES string of the molecule is Nc1ccc(NC2CCCOC2)cc1. The minimum Gasteiger partial charge on any atom is -0.399 e. The van der Waals surface area contributed by atoms with Gasteiger partial charge in [0.05, 0.1) is 6.61 Å². The average molecular weight is 192 g/mol. The van der Waals surface area contributed by atoms with E-state index in [2.05, 4.69) is 5.32 Å². The smallest absolute Gasteiger partial charge is 0.0667 e. The van der Waals surface area contributed by atoms with Gasteiger partial charge in [-0.05, 0) is 37.1 Å². The van der Waals surface area contributed by atoms with Gasteiger partial charge < -0.3 is 15.8 Å². The lowest BCUT2D eigenvalue weighted by Gasteiger charge is -2.24. The lowest BCUT2D eigenvalue weighted by atomic mass is 10.1. The minimum absolute atomic E-state index is 0.451. The summed E-state index contributed by atoms with van der Waals surface area (Å²) in [5, 5.41) is 3.43. The van der Waals surface area contributed by atoms with E-state index in [9.17, 15) is 0 Å². The highest BCUT2D eigenvalue weighted by Gasteiger charge is 2.12. The summed E-state index contributed by atoms with van der Waals surface area (Å²) in [5.41, 5.74) is 7.53. The number of anilines is 2. The summed E-state index contributed by atoms with van der Waals surface area (Å²) < 4.78 is 5.39. The van der Waals surface area contributed by atoms with Gasteiger partial charge >= 0.3 is 0 Å². The number of rotatable bonds is 2. The molecular formula is C11H16N2O. The molecule has 1 aromatic carbocycles. The maximum Gasteiger partial charge on any atom is 0.0667 e. The van der Waals surface area contributed by atoms with Gasteiger partial charge in [0, 0.05) is 24.0 Å². The molecule has 0 aliphatic carbocycles. The first kappa shape index (κ1) is 9.34. The zero-order valence-electron chi connectivity index (χ0n) is 8.20. The fourth-order valence-electron chi connectivity index (χ4n) is 1.67. The summed E-state index contributed by atoms with van der Waals surface area (Å²) in [7, 11) is 0. The molecule has 0 amide bonds. The number of nitrogens with one attached hydrogen (secondary N) is 1. The second-order valence-electron chi connectivity index (χ2n) is 3.68. The molecule has 1 aliphatic rings. The van der Waals surface area contributed by atoms with Crippen LogP contribution in [0.15, 0.2) is 24.3 Å². The number of nitrogen functional groups attached to an aromatic ring is 1. The Bertz CT molecular complexity index is 278. The van der Waals surface area contributed by atoms with E-state index in [1.54, 1.807) is 0 Å². The molecule has 1 saturated heterocycles. The highest BCUT2D eigenvalue weighted by Crippen LogP contribution is 2.15. The second-order valence-corrected chi connectivity index (χ2v) is 3.68. The molecule has 0 aromatic heterocycles. The Kier molecular flexibility index (Phi) is 2.89. The van der Waals surface area contributed by atoms with Crippen LogP contribution in [-0.4, -0.2) is 19.3 Å². The van der Waals surface area contributed by atoms with Gasteiger partial charge in [-0.25, -0.2) is 0 Å². The van der Waals surface area contributed by atoms with Gasteiger partial charge in [-0.2, -0.15) is 0 Å². The van der Waals surface area contributed by atoms with Gasteiger partial charge in [-0.3, -0.25) is 0 Å². The molecule has 0 radical (unpaired) electrons. The molecule has 1 aliphatic heterocycles. The van der Waals surface area contributed by atoms with Crippen molar-refractivity contribution in [2.24, 2.45) is 0 Å². The van der Waals surface area contributed by atoms with Gasteiger partial charge in [-0.15, -0.1) is 0 Å².